The molecule has 1 fully saturated rings. The van der Waals surface area contributed by atoms with Crippen molar-refractivity contribution in [3.63, 3.8) is 0 Å². The second kappa shape index (κ2) is 5.78. The minimum Gasteiger partial charge on any atom is -0.0602 e. The Morgan fingerprint density at radius 2 is 1.50 bits per heavy atom. The Hall–Kier alpha value is 0. The van der Waals surface area contributed by atoms with E-state index in [1.165, 1.54) is 57.8 Å². The zero-order chi connectivity index (χ0) is 10.4. The maximum absolute atomic E-state index is 2.36. The Morgan fingerprint density at radius 3 is 2.00 bits per heavy atom. The fourth-order valence-electron chi connectivity index (χ4n) is 2.57. The number of hydrogen-bond acceptors (Lipinski definition) is 0. The molecule has 0 nitrogen and oxygen atoms in total. The van der Waals surface area contributed by atoms with E-state index in [0.717, 1.165) is 5.92 Å². The Labute approximate surface area is 90.5 Å². The molecule has 1 rings (SSSR count). The van der Waals surface area contributed by atoms with Gasteiger partial charge in [-0.25, -0.2) is 0 Å². The zero-order valence-corrected chi connectivity index (χ0v) is 10.4. The van der Waals surface area contributed by atoms with Crippen LogP contribution in [-0.4, -0.2) is 0 Å². The van der Waals surface area contributed by atoms with Crippen molar-refractivity contribution in [3.05, 3.63) is 0 Å². The van der Waals surface area contributed by atoms with Crippen molar-refractivity contribution in [1.82, 2.24) is 0 Å². The Morgan fingerprint density at radius 1 is 0.929 bits per heavy atom. The highest BCUT2D eigenvalue weighted by molar-refractivity contribution is 4.67. The summed E-state index contributed by atoms with van der Waals surface area (Å²) in [6.07, 6.45) is 13.4. The highest BCUT2D eigenvalue weighted by Gasteiger charge is 2.14. The first-order valence-electron chi connectivity index (χ1n) is 6.58. The molecule has 0 N–H and O–H groups in total. The number of rotatable bonds is 3. The van der Waals surface area contributed by atoms with E-state index in [1.807, 2.05) is 0 Å². The molecule has 0 heteroatoms. The van der Waals surface area contributed by atoms with E-state index in [-0.39, 0.29) is 0 Å². The van der Waals surface area contributed by atoms with Crippen molar-refractivity contribution in [1.29, 1.82) is 0 Å². The third-order valence-electron chi connectivity index (χ3n) is 3.51. The summed E-state index contributed by atoms with van der Waals surface area (Å²) >= 11 is 0. The molecule has 0 atom stereocenters. The van der Waals surface area contributed by atoms with Crippen LogP contribution in [0.2, 0.25) is 0 Å². The van der Waals surface area contributed by atoms with E-state index < -0.39 is 0 Å². The standard InChI is InChI=1S/C14H28/c1-14(2,3)12-8-11-13-9-6-4-5-7-10-13/h13H,4-12H2,1-3H3. The van der Waals surface area contributed by atoms with Gasteiger partial charge < -0.3 is 0 Å². The van der Waals surface area contributed by atoms with Crippen molar-refractivity contribution in [2.24, 2.45) is 11.3 Å². The van der Waals surface area contributed by atoms with E-state index in [9.17, 15) is 0 Å². The van der Waals surface area contributed by atoms with Crippen LogP contribution in [0.1, 0.15) is 78.6 Å². The quantitative estimate of drug-likeness (QED) is 0.546. The van der Waals surface area contributed by atoms with E-state index in [4.69, 9.17) is 0 Å². The van der Waals surface area contributed by atoms with Gasteiger partial charge in [0.15, 0.2) is 0 Å². The van der Waals surface area contributed by atoms with Crippen LogP contribution < -0.4 is 0 Å². The van der Waals surface area contributed by atoms with E-state index in [0.29, 0.717) is 5.41 Å². The zero-order valence-electron chi connectivity index (χ0n) is 10.4. The van der Waals surface area contributed by atoms with Gasteiger partial charge in [0.2, 0.25) is 0 Å². The summed E-state index contributed by atoms with van der Waals surface area (Å²) < 4.78 is 0. The molecule has 0 radical (unpaired) electrons. The van der Waals surface area contributed by atoms with Crippen LogP contribution in [0.5, 0.6) is 0 Å². The molecular formula is C14H28. The second-order valence-electron chi connectivity index (χ2n) is 6.31. The molecule has 0 spiro atoms. The molecule has 0 saturated heterocycles. The molecule has 0 heterocycles. The lowest BCUT2D eigenvalue weighted by molar-refractivity contribution is 0.326. The lowest BCUT2D eigenvalue weighted by Crippen LogP contribution is -2.06. The smallest absolute Gasteiger partial charge is 0.0383 e. The summed E-state index contributed by atoms with van der Waals surface area (Å²) in [5, 5.41) is 0. The van der Waals surface area contributed by atoms with Crippen LogP contribution in [0.15, 0.2) is 0 Å². The van der Waals surface area contributed by atoms with E-state index in [1.54, 1.807) is 0 Å². The summed E-state index contributed by atoms with van der Waals surface area (Å²) in [5.41, 5.74) is 0.546. The van der Waals surface area contributed by atoms with Crippen LogP contribution in [-0.2, 0) is 0 Å². The normalized spacial score (nSPS) is 20.8. The lowest BCUT2D eigenvalue weighted by atomic mass is 9.86. The van der Waals surface area contributed by atoms with Crippen molar-refractivity contribution in [3.8, 4) is 0 Å². The molecule has 0 unspecified atom stereocenters. The molecule has 1 saturated carbocycles. The fourth-order valence-corrected chi connectivity index (χ4v) is 2.57. The van der Waals surface area contributed by atoms with E-state index >= 15 is 0 Å². The molecule has 84 valence electrons. The largest absolute Gasteiger partial charge is 0.0602 e. The summed E-state index contributed by atoms with van der Waals surface area (Å²) in [4.78, 5) is 0. The highest BCUT2D eigenvalue weighted by atomic mass is 14.2. The average molecular weight is 196 g/mol. The molecule has 0 aromatic heterocycles. The Balaban J connectivity index is 2.10. The first kappa shape index (κ1) is 12.1. The summed E-state index contributed by atoms with van der Waals surface area (Å²) in [6, 6.07) is 0. The molecule has 0 bridgehead atoms. The molecule has 14 heavy (non-hydrogen) atoms. The van der Waals surface area contributed by atoms with Crippen LogP contribution in [0.3, 0.4) is 0 Å². The van der Waals surface area contributed by atoms with Crippen LogP contribution in [0.4, 0.5) is 0 Å². The first-order chi connectivity index (χ1) is 6.58. The SMILES string of the molecule is CC(C)(C)CCCC1CCCCCC1. The van der Waals surface area contributed by atoms with Crippen molar-refractivity contribution >= 4 is 0 Å². The third kappa shape index (κ3) is 5.67. The first-order valence-corrected chi connectivity index (χ1v) is 6.58. The molecule has 0 amide bonds. The monoisotopic (exact) mass is 196 g/mol. The van der Waals surface area contributed by atoms with Gasteiger partial charge in [-0.1, -0.05) is 72.1 Å². The Kier molecular flexibility index (Phi) is 4.98. The summed E-state index contributed by atoms with van der Waals surface area (Å²) in [5.74, 6) is 1.07. The van der Waals surface area contributed by atoms with Gasteiger partial charge in [-0.3, -0.25) is 0 Å². The molecule has 0 aliphatic heterocycles. The highest BCUT2D eigenvalue weighted by Crippen LogP contribution is 2.29. The predicted octanol–water partition coefficient (Wildman–Crippen LogP) is 5.17. The van der Waals surface area contributed by atoms with E-state index in [2.05, 4.69) is 20.8 Å². The topological polar surface area (TPSA) is 0 Å². The van der Waals surface area contributed by atoms with Gasteiger partial charge in [-0.05, 0) is 17.8 Å². The third-order valence-corrected chi connectivity index (χ3v) is 3.51. The van der Waals surface area contributed by atoms with Gasteiger partial charge in [0.1, 0.15) is 0 Å². The molecule has 0 aromatic carbocycles. The lowest BCUT2D eigenvalue weighted by Gasteiger charge is -2.20. The van der Waals surface area contributed by atoms with Crippen LogP contribution in [0, 0.1) is 11.3 Å². The molecule has 0 aromatic rings. The molecule has 1 aliphatic rings. The fraction of sp³-hybridized carbons (Fsp3) is 1.00. The minimum absolute atomic E-state index is 0.546. The van der Waals surface area contributed by atoms with Crippen molar-refractivity contribution in [2.75, 3.05) is 0 Å². The predicted molar refractivity (Wildman–Crippen MR) is 64.5 cm³/mol. The molecule has 1 aliphatic carbocycles. The van der Waals surface area contributed by atoms with Crippen LogP contribution >= 0.6 is 0 Å². The van der Waals surface area contributed by atoms with Gasteiger partial charge in [0.25, 0.3) is 0 Å². The van der Waals surface area contributed by atoms with Crippen molar-refractivity contribution < 1.29 is 0 Å². The van der Waals surface area contributed by atoms with Crippen LogP contribution in [0.25, 0.3) is 0 Å². The summed E-state index contributed by atoms with van der Waals surface area (Å²) in [6.45, 7) is 7.08. The van der Waals surface area contributed by atoms with Gasteiger partial charge in [0, 0.05) is 0 Å². The van der Waals surface area contributed by atoms with Gasteiger partial charge in [-0.2, -0.15) is 0 Å². The maximum Gasteiger partial charge on any atom is -0.0383 e. The Bertz CT molecular complexity index is 133. The van der Waals surface area contributed by atoms with Crippen molar-refractivity contribution in [2.45, 2.75) is 78.6 Å². The maximum atomic E-state index is 2.36. The average Bonchev–Trinajstić information content (AvgIpc) is 2.30. The number of hydrogen-bond donors (Lipinski definition) is 0. The van der Waals surface area contributed by atoms with Gasteiger partial charge in [0.05, 0.1) is 0 Å². The van der Waals surface area contributed by atoms with Gasteiger partial charge >= 0.3 is 0 Å². The second-order valence-corrected chi connectivity index (χ2v) is 6.31. The minimum atomic E-state index is 0.546. The molecular weight excluding hydrogens is 168 g/mol. The van der Waals surface area contributed by atoms with Gasteiger partial charge in [-0.15, -0.1) is 0 Å². The summed E-state index contributed by atoms with van der Waals surface area (Å²) in [7, 11) is 0.